The van der Waals surface area contributed by atoms with Crippen LogP contribution in [0, 0.1) is 3.57 Å². The van der Waals surface area contributed by atoms with Gasteiger partial charge in [-0.05, 0) is 89.8 Å². The highest BCUT2D eigenvalue weighted by Gasteiger charge is 2.36. The average molecular weight is 543 g/mol. The fourth-order valence-corrected chi connectivity index (χ4v) is 3.94. The van der Waals surface area contributed by atoms with Gasteiger partial charge in [0.15, 0.2) is 0 Å². The molecule has 1 N–H and O–H groups in total. The molecule has 2 aromatic carbocycles. The Bertz CT molecular complexity index is 994. The molecule has 1 aliphatic heterocycles. The minimum atomic E-state index is -0.528. The van der Waals surface area contributed by atoms with Crippen LogP contribution in [0.5, 0.6) is 5.75 Å². The summed E-state index contributed by atoms with van der Waals surface area (Å²) in [6.45, 7) is 1.93. The zero-order valence-corrected chi connectivity index (χ0v) is 19.0. The molecule has 0 radical (unpaired) electrons. The van der Waals surface area contributed by atoms with E-state index in [1.165, 1.54) is 0 Å². The Morgan fingerprint density at radius 1 is 1.24 bits per heavy atom. The maximum atomic E-state index is 12.7. The predicted octanol–water partition coefficient (Wildman–Crippen LogP) is 5.02. The number of anilines is 1. The molecule has 2 aromatic rings. The van der Waals surface area contributed by atoms with Crippen LogP contribution in [0.3, 0.4) is 0 Å². The lowest BCUT2D eigenvalue weighted by molar-refractivity contribution is -0.127. The van der Waals surface area contributed by atoms with Crippen molar-refractivity contribution in [2.45, 2.75) is 6.92 Å². The van der Waals surface area contributed by atoms with Crippen LogP contribution in [-0.2, 0) is 9.59 Å². The summed E-state index contributed by atoms with van der Waals surface area (Å²) in [5, 5.41) is 2.66. The molecule has 1 fully saturated rings. The van der Waals surface area contributed by atoms with Crippen molar-refractivity contribution in [3.05, 3.63) is 61.5 Å². The number of benzene rings is 2. The van der Waals surface area contributed by atoms with E-state index in [1.807, 2.05) is 19.1 Å². The van der Waals surface area contributed by atoms with E-state index in [0.29, 0.717) is 28.6 Å². The fraction of sp³-hybridized carbons (Fsp3) is 0.150. The summed E-state index contributed by atoms with van der Waals surface area (Å²) in [6.07, 6.45) is 1.55. The largest absolute Gasteiger partial charge is 0.493 e. The number of carbonyl (C=O) groups excluding carboxylic acids is 3. The normalized spacial score (nSPS) is 15.1. The number of amides is 3. The number of rotatable bonds is 6. The number of carbonyl (C=O) groups is 3. The fourth-order valence-electron chi connectivity index (χ4n) is 2.57. The van der Waals surface area contributed by atoms with E-state index in [0.717, 1.165) is 20.2 Å². The number of imide groups is 1. The van der Waals surface area contributed by atoms with Crippen molar-refractivity contribution in [2.75, 3.05) is 18.5 Å². The Labute approximate surface area is 190 Å². The molecule has 29 heavy (non-hydrogen) atoms. The second-order valence-electron chi connectivity index (χ2n) is 5.94. The van der Waals surface area contributed by atoms with Crippen molar-refractivity contribution < 1.29 is 19.1 Å². The molecule has 1 heterocycles. The van der Waals surface area contributed by atoms with E-state index in [9.17, 15) is 14.4 Å². The van der Waals surface area contributed by atoms with Crippen molar-refractivity contribution >= 4 is 74.8 Å². The van der Waals surface area contributed by atoms with Gasteiger partial charge in [0, 0.05) is 19.8 Å². The molecule has 0 unspecified atom stereocenters. The zero-order chi connectivity index (χ0) is 21.0. The van der Waals surface area contributed by atoms with Gasteiger partial charge >= 0.3 is 0 Å². The van der Waals surface area contributed by atoms with Crippen LogP contribution >= 0.6 is 46.0 Å². The number of ether oxygens (including phenoxy) is 1. The van der Waals surface area contributed by atoms with Crippen LogP contribution in [0.2, 0.25) is 5.02 Å². The van der Waals surface area contributed by atoms with Crippen LogP contribution in [0.25, 0.3) is 6.08 Å². The molecule has 0 saturated carbocycles. The first-order chi connectivity index (χ1) is 13.9. The van der Waals surface area contributed by atoms with Crippen molar-refractivity contribution in [3.8, 4) is 5.75 Å². The van der Waals surface area contributed by atoms with E-state index in [4.69, 9.17) is 16.3 Å². The second kappa shape index (κ2) is 9.64. The summed E-state index contributed by atoms with van der Waals surface area (Å²) in [4.78, 5) is 38.3. The van der Waals surface area contributed by atoms with E-state index < -0.39 is 17.1 Å². The summed E-state index contributed by atoms with van der Waals surface area (Å²) < 4.78 is 6.58. The SMILES string of the molecule is CCOc1ccc(Cl)cc1/C=C1/SC(=O)N(CC(=O)Nc2ccc(I)cc2)C1=O. The first kappa shape index (κ1) is 21.7. The van der Waals surface area contributed by atoms with Crippen molar-refractivity contribution in [1.82, 2.24) is 4.90 Å². The Hall–Kier alpha value is -2.04. The Balaban J connectivity index is 1.74. The van der Waals surface area contributed by atoms with E-state index in [2.05, 4.69) is 27.9 Å². The summed E-state index contributed by atoms with van der Waals surface area (Å²) in [5.74, 6) is -0.423. The number of halogens is 2. The number of nitrogens with zero attached hydrogens (tertiary/aromatic N) is 1. The van der Waals surface area contributed by atoms with Crippen molar-refractivity contribution in [1.29, 1.82) is 0 Å². The zero-order valence-electron chi connectivity index (χ0n) is 15.3. The highest BCUT2D eigenvalue weighted by atomic mass is 127. The van der Waals surface area contributed by atoms with Gasteiger partial charge in [-0.2, -0.15) is 0 Å². The standard InChI is InChI=1S/C20H16ClIN2O4S/c1-2-28-16-8-3-13(21)9-12(16)10-17-19(26)24(20(27)29-17)11-18(25)23-15-6-4-14(22)5-7-15/h3-10H,2,11H2,1H3,(H,23,25)/b17-10+. The van der Waals surface area contributed by atoms with E-state index in [-0.39, 0.29) is 11.4 Å². The maximum Gasteiger partial charge on any atom is 0.294 e. The van der Waals surface area contributed by atoms with Gasteiger partial charge in [0.1, 0.15) is 12.3 Å². The highest BCUT2D eigenvalue weighted by molar-refractivity contribution is 14.1. The van der Waals surface area contributed by atoms with Gasteiger partial charge in [-0.3, -0.25) is 19.3 Å². The maximum absolute atomic E-state index is 12.7. The second-order valence-corrected chi connectivity index (χ2v) is 8.61. The van der Waals surface area contributed by atoms with Gasteiger partial charge < -0.3 is 10.1 Å². The summed E-state index contributed by atoms with van der Waals surface area (Å²) in [6, 6.07) is 12.2. The lowest BCUT2D eigenvalue weighted by atomic mass is 10.2. The number of nitrogens with one attached hydrogen (secondary N) is 1. The van der Waals surface area contributed by atoms with Crippen molar-refractivity contribution in [2.24, 2.45) is 0 Å². The number of hydrogen-bond donors (Lipinski definition) is 1. The van der Waals surface area contributed by atoms with Crippen molar-refractivity contribution in [3.63, 3.8) is 0 Å². The molecule has 1 saturated heterocycles. The first-order valence-electron chi connectivity index (χ1n) is 8.60. The highest BCUT2D eigenvalue weighted by Crippen LogP contribution is 2.34. The molecule has 9 heteroatoms. The van der Waals surface area contributed by atoms with Gasteiger partial charge in [0.25, 0.3) is 11.1 Å². The molecule has 6 nitrogen and oxygen atoms in total. The van der Waals surface area contributed by atoms with Crippen LogP contribution in [0.1, 0.15) is 12.5 Å². The van der Waals surface area contributed by atoms with Gasteiger partial charge in [-0.1, -0.05) is 11.6 Å². The smallest absolute Gasteiger partial charge is 0.294 e. The van der Waals surface area contributed by atoms with Gasteiger partial charge in [-0.15, -0.1) is 0 Å². The third-order valence-electron chi connectivity index (χ3n) is 3.86. The molecule has 150 valence electrons. The molecule has 0 atom stereocenters. The van der Waals surface area contributed by atoms with Crippen LogP contribution in [0.15, 0.2) is 47.4 Å². The van der Waals surface area contributed by atoms with Gasteiger partial charge in [0.2, 0.25) is 5.91 Å². The monoisotopic (exact) mass is 542 g/mol. The quantitative estimate of drug-likeness (QED) is 0.410. The minimum absolute atomic E-state index is 0.209. The lowest BCUT2D eigenvalue weighted by Gasteiger charge is -2.12. The third kappa shape index (κ3) is 5.52. The topological polar surface area (TPSA) is 75.7 Å². The molecule has 3 amide bonds. The Morgan fingerprint density at radius 2 is 1.97 bits per heavy atom. The molecular weight excluding hydrogens is 527 g/mol. The molecule has 0 spiro atoms. The lowest BCUT2D eigenvalue weighted by Crippen LogP contribution is -2.36. The molecule has 3 rings (SSSR count). The first-order valence-corrected chi connectivity index (χ1v) is 10.9. The Kier molecular flexibility index (Phi) is 7.20. The number of hydrogen-bond acceptors (Lipinski definition) is 5. The van der Waals surface area contributed by atoms with E-state index >= 15 is 0 Å². The molecule has 0 aliphatic carbocycles. The molecule has 0 bridgehead atoms. The molecule has 0 aromatic heterocycles. The molecule has 1 aliphatic rings. The molecular formula is C20H16ClIN2O4S. The summed E-state index contributed by atoms with van der Waals surface area (Å²) in [5.41, 5.74) is 1.19. The van der Waals surface area contributed by atoms with E-state index in [1.54, 1.807) is 36.4 Å². The third-order valence-corrected chi connectivity index (χ3v) is 5.72. The van der Waals surface area contributed by atoms with Crippen LogP contribution in [0.4, 0.5) is 10.5 Å². The van der Waals surface area contributed by atoms with Crippen LogP contribution in [-0.4, -0.2) is 35.1 Å². The minimum Gasteiger partial charge on any atom is -0.493 e. The Morgan fingerprint density at radius 3 is 2.66 bits per heavy atom. The van der Waals surface area contributed by atoms with Gasteiger partial charge in [-0.25, -0.2) is 0 Å². The number of thioether (sulfide) groups is 1. The average Bonchev–Trinajstić information content (AvgIpc) is 2.93. The summed E-state index contributed by atoms with van der Waals surface area (Å²) >= 11 is 8.98. The predicted molar refractivity (Wildman–Crippen MR) is 123 cm³/mol. The van der Waals surface area contributed by atoms with Crippen LogP contribution < -0.4 is 10.1 Å². The van der Waals surface area contributed by atoms with Gasteiger partial charge in [0.05, 0.1) is 11.5 Å². The summed E-state index contributed by atoms with van der Waals surface area (Å²) in [7, 11) is 0.